The van der Waals surface area contributed by atoms with Crippen molar-refractivity contribution in [2.75, 3.05) is 18.4 Å². The third kappa shape index (κ3) is 7.78. The minimum Gasteiger partial charge on any atom is -0.469 e. The molecule has 7 aromatic rings. The van der Waals surface area contributed by atoms with Crippen molar-refractivity contribution in [3.8, 4) is 22.2 Å². The normalized spacial score (nSPS) is 13.4. The van der Waals surface area contributed by atoms with E-state index in [2.05, 4.69) is 45.1 Å². The van der Waals surface area contributed by atoms with Gasteiger partial charge in [-0.2, -0.15) is 5.26 Å². The van der Waals surface area contributed by atoms with Crippen LogP contribution >= 0.6 is 11.3 Å². The number of hydrogen-bond donors (Lipinski definition) is 3. The molecule has 3 N–H and O–H groups in total. The Morgan fingerprint density at radius 2 is 1.68 bits per heavy atom. The Kier molecular flexibility index (Phi) is 11.4. The first kappa shape index (κ1) is 41.8. The summed E-state index contributed by atoms with van der Waals surface area (Å²) >= 11 is 1.65. The minimum absolute atomic E-state index is 0.0284. The quantitative estimate of drug-likeness (QED) is 0.102. The number of rotatable bonds is 12. The smallest absolute Gasteiger partial charge is 0.308 e. The number of ether oxygens (including phenoxy) is 1. The summed E-state index contributed by atoms with van der Waals surface area (Å²) in [6.45, 7) is 10.3. The minimum atomic E-state index is -3.92. The van der Waals surface area contributed by atoms with Crippen molar-refractivity contribution in [2.24, 2.45) is 4.99 Å². The van der Waals surface area contributed by atoms with Crippen molar-refractivity contribution < 1.29 is 22.7 Å². The molecular weight excluding hydrogens is 821 g/mol. The van der Waals surface area contributed by atoms with Gasteiger partial charge in [-0.3, -0.25) is 23.9 Å². The van der Waals surface area contributed by atoms with Gasteiger partial charge in [0.2, 0.25) is 0 Å². The molecule has 1 atom stereocenters. The summed E-state index contributed by atoms with van der Waals surface area (Å²) in [4.78, 5) is 35.3. The molecule has 0 saturated heterocycles. The van der Waals surface area contributed by atoms with Crippen LogP contribution in [0, 0.1) is 39.0 Å². The number of anilines is 1. The van der Waals surface area contributed by atoms with Crippen LogP contribution in [0.1, 0.15) is 85.2 Å². The molecule has 8 rings (SSSR count). The van der Waals surface area contributed by atoms with Gasteiger partial charge in [0.1, 0.15) is 22.9 Å². The molecule has 0 aliphatic carbocycles. The SMILES string of the molecule is CCc1ccc(NS(=O)(=O)c2ccc(CCNC(=O)c3ccc(-c4ccc(C5=N[C@@H](CC(=O)OC)c6nnc(C)n6-c6sc(C)c(C)c65)cc4)cc3C)cc2)c2[nH]cc(C#N)c12. The van der Waals surface area contributed by atoms with Gasteiger partial charge < -0.3 is 15.0 Å². The second-order valence-electron chi connectivity index (χ2n) is 15.2. The van der Waals surface area contributed by atoms with Crippen molar-refractivity contribution in [1.82, 2.24) is 25.1 Å². The number of esters is 1. The summed E-state index contributed by atoms with van der Waals surface area (Å²) in [5.74, 6) is 0.736. The molecule has 4 aromatic carbocycles. The average Bonchev–Trinajstić information content (AvgIpc) is 3.94. The Morgan fingerprint density at radius 3 is 2.37 bits per heavy atom. The van der Waals surface area contributed by atoms with E-state index in [1.54, 1.807) is 47.9 Å². The lowest BCUT2D eigenvalue weighted by atomic mass is 9.95. The van der Waals surface area contributed by atoms with Crippen molar-refractivity contribution >= 4 is 55.5 Å². The van der Waals surface area contributed by atoms with E-state index >= 15 is 0 Å². The van der Waals surface area contributed by atoms with Crippen molar-refractivity contribution in [3.05, 3.63) is 146 Å². The van der Waals surface area contributed by atoms with Gasteiger partial charge in [0.05, 0.1) is 40.9 Å². The predicted molar refractivity (Wildman–Crippen MR) is 241 cm³/mol. The van der Waals surface area contributed by atoms with E-state index in [0.29, 0.717) is 52.9 Å². The number of aromatic amines is 1. The number of nitriles is 1. The number of nitrogens with zero attached hydrogens (tertiary/aromatic N) is 5. The van der Waals surface area contributed by atoms with E-state index in [1.165, 1.54) is 7.11 Å². The first-order valence-corrected chi connectivity index (χ1v) is 22.4. The first-order chi connectivity index (χ1) is 29.8. The van der Waals surface area contributed by atoms with Crippen LogP contribution in [0.4, 0.5) is 5.69 Å². The fraction of sp³-hybridized carbons (Fsp3) is 0.234. The van der Waals surface area contributed by atoms with Gasteiger partial charge in [-0.25, -0.2) is 8.42 Å². The van der Waals surface area contributed by atoms with Crippen LogP contribution in [0.25, 0.3) is 27.0 Å². The lowest BCUT2D eigenvalue weighted by Gasteiger charge is -2.13. The van der Waals surface area contributed by atoms with E-state index in [4.69, 9.17) is 9.73 Å². The van der Waals surface area contributed by atoms with Crippen LogP contribution in [-0.2, 0) is 32.4 Å². The molecule has 3 aromatic heterocycles. The number of amides is 1. The number of thiophene rings is 1. The van der Waals surface area contributed by atoms with Gasteiger partial charge in [-0.15, -0.1) is 21.5 Å². The fourth-order valence-corrected chi connectivity index (χ4v) is 10.2. The highest BCUT2D eigenvalue weighted by Gasteiger charge is 2.32. The molecule has 62 heavy (non-hydrogen) atoms. The number of sulfonamides is 1. The van der Waals surface area contributed by atoms with Gasteiger partial charge in [-0.1, -0.05) is 61.5 Å². The number of nitrogens with one attached hydrogen (secondary N) is 3. The molecule has 13 nitrogen and oxygen atoms in total. The molecule has 0 spiro atoms. The van der Waals surface area contributed by atoms with Crippen LogP contribution < -0.4 is 10.0 Å². The summed E-state index contributed by atoms with van der Waals surface area (Å²) in [5, 5.41) is 23.0. The molecule has 4 heterocycles. The van der Waals surface area contributed by atoms with Gasteiger partial charge in [-0.05, 0) is 98.2 Å². The number of carbonyl (C=O) groups excluding carboxylic acids is 2. The van der Waals surface area contributed by atoms with E-state index in [-0.39, 0.29) is 23.2 Å². The number of aromatic nitrogens is 4. The van der Waals surface area contributed by atoms with Crippen LogP contribution in [0.5, 0.6) is 0 Å². The van der Waals surface area contributed by atoms with E-state index in [9.17, 15) is 23.3 Å². The first-order valence-electron chi connectivity index (χ1n) is 20.1. The molecule has 0 bridgehead atoms. The van der Waals surface area contributed by atoms with E-state index in [1.807, 2.05) is 73.9 Å². The zero-order valence-corrected chi connectivity index (χ0v) is 36.7. The van der Waals surface area contributed by atoms with Crippen LogP contribution in [0.2, 0.25) is 0 Å². The molecular formula is C47H44N8O5S2. The standard InChI is InChI=1S/C47H44N8O5S2/c1-7-31-15-19-38(44-42(31)35(24-48)25-50-44)54-62(58,59)36-16-8-30(9-17-36)20-21-49-46(57)37-18-14-34(22-26(37)2)32-10-12-33(13-11-32)43-41-27(3)28(4)61-47(41)55-29(5)52-53-45(55)39(51-43)23-40(56)60-6/h8-19,22,25,39,50,54H,7,20-21,23H2,1-6H3,(H,49,57)/t39-/m0/s1. The highest BCUT2D eigenvalue weighted by atomic mass is 32.2. The Balaban J connectivity index is 0.930. The van der Waals surface area contributed by atoms with E-state index in [0.717, 1.165) is 65.9 Å². The molecule has 1 aliphatic rings. The predicted octanol–water partition coefficient (Wildman–Crippen LogP) is 8.37. The van der Waals surface area contributed by atoms with E-state index < -0.39 is 16.1 Å². The lowest BCUT2D eigenvalue weighted by molar-refractivity contribution is -0.141. The number of benzene rings is 4. The molecule has 314 valence electrons. The summed E-state index contributed by atoms with van der Waals surface area (Å²) in [6.07, 6.45) is 2.82. The Bertz CT molecular complexity index is 3080. The molecule has 0 unspecified atom stereocenters. The zero-order chi connectivity index (χ0) is 43.9. The number of aliphatic imine (C=N–C) groups is 1. The van der Waals surface area contributed by atoms with Gasteiger partial charge >= 0.3 is 5.97 Å². The number of carbonyl (C=O) groups is 2. The zero-order valence-electron chi connectivity index (χ0n) is 35.1. The van der Waals surface area contributed by atoms with Gasteiger partial charge in [0.25, 0.3) is 15.9 Å². The number of methoxy groups -OCH3 is 1. The third-order valence-corrected chi connectivity index (χ3v) is 14.0. The molecule has 0 saturated carbocycles. The lowest BCUT2D eigenvalue weighted by Crippen LogP contribution is -2.26. The average molecular weight is 865 g/mol. The van der Waals surface area contributed by atoms with Crippen molar-refractivity contribution in [1.29, 1.82) is 5.26 Å². The molecule has 0 fully saturated rings. The van der Waals surface area contributed by atoms with Gasteiger partial charge in [0, 0.05) is 39.7 Å². The van der Waals surface area contributed by atoms with Crippen molar-refractivity contribution in [2.45, 2.75) is 64.8 Å². The molecule has 1 amide bonds. The summed E-state index contributed by atoms with van der Waals surface area (Å²) in [5.41, 5.74) is 10.3. The maximum atomic E-state index is 13.4. The van der Waals surface area contributed by atoms with Crippen LogP contribution in [0.15, 0.2) is 94.9 Å². The number of fused-ring (bicyclic) bond motifs is 4. The van der Waals surface area contributed by atoms with Crippen molar-refractivity contribution in [3.63, 3.8) is 0 Å². The van der Waals surface area contributed by atoms with Gasteiger partial charge in [0.15, 0.2) is 5.82 Å². The van der Waals surface area contributed by atoms with Crippen LogP contribution in [-0.4, -0.2) is 59.4 Å². The molecule has 0 radical (unpaired) electrons. The second kappa shape index (κ2) is 16.9. The topological polar surface area (TPSA) is 184 Å². The maximum absolute atomic E-state index is 13.4. The summed E-state index contributed by atoms with van der Waals surface area (Å²) in [6, 6.07) is 25.6. The third-order valence-electron chi connectivity index (χ3n) is 11.4. The summed E-state index contributed by atoms with van der Waals surface area (Å²) < 4.78 is 36.4. The molecule has 1 aliphatic heterocycles. The number of H-pyrrole nitrogens is 1. The molecule has 15 heteroatoms. The monoisotopic (exact) mass is 864 g/mol. The Labute approximate surface area is 363 Å². The Hall–Kier alpha value is -6.89. The summed E-state index contributed by atoms with van der Waals surface area (Å²) in [7, 11) is -2.55. The largest absolute Gasteiger partial charge is 0.469 e. The number of aryl methyl sites for hydroxylation is 4. The highest BCUT2D eigenvalue weighted by molar-refractivity contribution is 7.92. The fourth-order valence-electron chi connectivity index (χ4n) is 7.93. The highest BCUT2D eigenvalue weighted by Crippen LogP contribution is 2.40. The Morgan fingerprint density at radius 1 is 0.952 bits per heavy atom. The van der Waals surface area contributed by atoms with Crippen LogP contribution in [0.3, 0.4) is 0 Å². The number of hydrogen-bond acceptors (Lipinski definition) is 10. The second-order valence-corrected chi connectivity index (χ2v) is 18.1. The maximum Gasteiger partial charge on any atom is 0.308 e.